The Morgan fingerprint density at radius 1 is 1.12 bits per heavy atom. The number of hydrogen-bond donors (Lipinski definition) is 0. The van der Waals surface area contributed by atoms with Crippen molar-refractivity contribution in [2.75, 3.05) is 0 Å². The van der Waals surface area contributed by atoms with Crippen LogP contribution < -0.4 is 4.90 Å². The first-order chi connectivity index (χ1) is 7.86. The summed E-state index contributed by atoms with van der Waals surface area (Å²) in [5.41, 5.74) is 1.09. The largest absolute Gasteiger partial charge is 0.359 e. The fraction of sp³-hybridized carbons (Fsp3) is 0. The summed E-state index contributed by atoms with van der Waals surface area (Å²) in [6, 6.07) is 7.61. The Labute approximate surface area is 98.9 Å². The first-order valence-electron chi connectivity index (χ1n) is 4.54. The number of aromatic nitrogens is 2. The lowest BCUT2D eigenvalue weighted by molar-refractivity contribution is -0.793. The van der Waals surface area contributed by atoms with E-state index in [0.717, 1.165) is 9.75 Å². The molecule has 16 heavy (non-hydrogen) atoms. The number of nitrogens with zero attached hydrogens (tertiary/aromatic N) is 2. The van der Waals surface area contributed by atoms with Crippen LogP contribution in [-0.4, -0.2) is 5.16 Å². The van der Waals surface area contributed by atoms with Crippen molar-refractivity contribution in [1.82, 2.24) is 5.16 Å². The zero-order valence-corrected chi connectivity index (χ0v) is 9.62. The molecule has 0 aromatic carbocycles. The van der Waals surface area contributed by atoms with E-state index in [1.54, 1.807) is 0 Å². The highest BCUT2D eigenvalue weighted by Crippen LogP contribution is 2.32. The third kappa shape index (κ3) is 1.43. The molecular formula is C10H6N2O2S2. The molecule has 0 saturated heterocycles. The summed E-state index contributed by atoms with van der Waals surface area (Å²) in [6.07, 6.45) is 0. The van der Waals surface area contributed by atoms with Crippen molar-refractivity contribution in [2.24, 2.45) is 0 Å². The van der Waals surface area contributed by atoms with Crippen LogP contribution in [0.1, 0.15) is 0 Å². The van der Waals surface area contributed by atoms with Crippen molar-refractivity contribution in [1.29, 1.82) is 0 Å². The third-order valence-corrected chi connectivity index (χ3v) is 3.88. The van der Waals surface area contributed by atoms with Crippen molar-refractivity contribution in [3.05, 3.63) is 40.2 Å². The summed E-state index contributed by atoms with van der Waals surface area (Å²) in [6.45, 7) is 0. The summed E-state index contributed by atoms with van der Waals surface area (Å²) >= 11 is 3.02. The molecule has 3 heterocycles. The second-order valence-corrected chi connectivity index (χ2v) is 4.98. The predicted molar refractivity (Wildman–Crippen MR) is 62.1 cm³/mol. The Bertz CT molecular complexity index is 584. The Morgan fingerprint density at radius 2 is 1.81 bits per heavy atom. The minimum atomic E-state index is 0.459. The van der Waals surface area contributed by atoms with E-state index in [1.807, 2.05) is 35.0 Å². The van der Waals surface area contributed by atoms with Crippen LogP contribution in [0.4, 0.5) is 0 Å². The average Bonchev–Trinajstić information content (AvgIpc) is 2.96. The van der Waals surface area contributed by atoms with Crippen molar-refractivity contribution < 1.29 is 9.53 Å². The van der Waals surface area contributed by atoms with E-state index in [9.17, 15) is 5.21 Å². The molecule has 3 aromatic heterocycles. The molecule has 0 fully saturated rings. The Hall–Kier alpha value is -1.66. The van der Waals surface area contributed by atoms with E-state index in [4.69, 9.17) is 0 Å². The predicted octanol–water partition coefficient (Wildman–Crippen LogP) is 2.77. The highest BCUT2D eigenvalue weighted by atomic mass is 32.1. The van der Waals surface area contributed by atoms with Gasteiger partial charge in [0.2, 0.25) is 5.69 Å². The van der Waals surface area contributed by atoms with Crippen molar-refractivity contribution >= 4 is 22.7 Å². The highest BCUT2D eigenvalue weighted by Gasteiger charge is 2.23. The normalized spacial score (nSPS) is 10.8. The lowest BCUT2D eigenvalue weighted by Crippen LogP contribution is -2.24. The van der Waals surface area contributed by atoms with Gasteiger partial charge in [0, 0.05) is 5.16 Å². The fourth-order valence-corrected chi connectivity index (χ4v) is 2.89. The van der Waals surface area contributed by atoms with Crippen LogP contribution in [-0.2, 0) is 0 Å². The van der Waals surface area contributed by atoms with Gasteiger partial charge in [-0.2, -0.15) is 0 Å². The summed E-state index contributed by atoms with van der Waals surface area (Å²) in [5, 5.41) is 19.2. The van der Waals surface area contributed by atoms with Gasteiger partial charge in [-0.15, -0.1) is 22.7 Å². The zero-order valence-electron chi connectivity index (χ0n) is 7.99. The van der Waals surface area contributed by atoms with Gasteiger partial charge in [-0.1, -0.05) is 12.1 Å². The molecule has 3 aromatic rings. The third-order valence-electron chi connectivity index (χ3n) is 2.12. The van der Waals surface area contributed by atoms with Crippen molar-refractivity contribution in [3.8, 4) is 21.1 Å². The standard InChI is InChI=1S/C10H6N2O2S2/c13-12-10(8-4-2-6-16-8)9(11-14-12)7-3-1-5-15-7/h1-6H. The number of hydrogen-bond acceptors (Lipinski definition) is 5. The van der Waals surface area contributed by atoms with Gasteiger partial charge in [0.1, 0.15) is 0 Å². The first-order valence-corrected chi connectivity index (χ1v) is 6.29. The summed E-state index contributed by atoms with van der Waals surface area (Å²) < 4.78 is 4.67. The summed E-state index contributed by atoms with van der Waals surface area (Å²) in [7, 11) is 0. The Kier molecular flexibility index (Phi) is 2.23. The monoisotopic (exact) mass is 250 g/mol. The molecule has 0 N–H and O–H groups in total. The van der Waals surface area contributed by atoms with E-state index >= 15 is 0 Å². The van der Waals surface area contributed by atoms with E-state index in [2.05, 4.69) is 9.79 Å². The maximum absolute atomic E-state index is 11.5. The van der Waals surface area contributed by atoms with Gasteiger partial charge in [-0.05, 0) is 27.8 Å². The molecule has 0 bridgehead atoms. The smallest absolute Gasteiger partial charge is 0.267 e. The Morgan fingerprint density at radius 3 is 2.44 bits per heavy atom. The highest BCUT2D eigenvalue weighted by molar-refractivity contribution is 7.14. The fourth-order valence-electron chi connectivity index (χ4n) is 1.44. The lowest BCUT2D eigenvalue weighted by atomic mass is 10.2. The van der Waals surface area contributed by atoms with Gasteiger partial charge in [0.05, 0.1) is 9.75 Å². The maximum Gasteiger partial charge on any atom is 0.267 e. The number of rotatable bonds is 2. The molecule has 6 heteroatoms. The quantitative estimate of drug-likeness (QED) is 0.657. The molecule has 0 saturated carbocycles. The lowest BCUT2D eigenvalue weighted by Gasteiger charge is -1.92. The molecule has 0 aliphatic rings. The minimum absolute atomic E-state index is 0.459. The molecule has 0 amide bonds. The zero-order chi connectivity index (χ0) is 11.0. The number of thiophene rings is 2. The van der Waals surface area contributed by atoms with Gasteiger partial charge in [0.25, 0.3) is 5.69 Å². The molecule has 0 aliphatic carbocycles. The minimum Gasteiger partial charge on any atom is -0.359 e. The van der Waals surface area contributed by atoms with Gasteiger partial charge in [-0.25, -0.2) is 0 Å². The van der Waals surface area contributed by atoms with Crippen LogP contribution in [0.5, 0.6) is 0 Å². The SMILES string of the molecule is [O-][n+]1onc(-c2cccs2)c1-c1cccs1. The van der Waals surface area contributed by atoms with Crippen molar-refractivity contribution in [2.45, 2.75) is 0 Å². The molecular weight excluding hydrogens is 244 g/mol. The van der Waals surface area contributed by atoms with Crippen LogP contribution in [0.25, 0.3) is 21.1 Å². The van der Waals surface area contributed by atoms with Crippen LogP contribution in [0.2, 0.25) is 0 Å². The van der Waals surface area contributed by atoms with Crippen LogP contribution in [0, 0.1) is 5.21 Å². The maximum atomic E-state index is 11.5. The van der Waals surface area contributed by atoms with Gasteiger partial charge in [0.15, 0.2) is 0 Å². The van der Waals surface area contributed by atoms with E-state index in [1.165, 1.54) is 22.7 Å². The topological polar surface area (TPSA) is 53.0 Å². The second kappa shape index (κ2) is 3.73. The Balaban J connectivity index is 2.21. The van der Waals surface area contributed by atoms with E-state index in [0.29, 0.717) is 16.3 Å². The average molecular weight is 250 g/mol. The summed E-state index contributed by atoms with van der Waals surface area (Å²) in [5.74, 6) is 0. The molecule has 0 aliphatic heterocycles. The first kappa shape index (κ1) is 9.56. The molecule has 0 atom stereocenters. The molecule has 80 valence electrons. The molecule has 0 radical (unpaired) electrons. The molecule has 0 unspecified atom stereocenters. The van der Waals surface area contributed by atoms with Gasteiger partial charge >= 0.3 is 0 Å². The van der Waals surface area contributed by atoms with Gasteiger partial charge in [-0.3, -0.25) is 4.63 Å². The van der Waals surface area contributed by atoms with Gasteiger partial charge < -0.3 is 5.21 Å². The van der Waals surface area contributed by atoms with Crippen LogP contribution in [0.3, 0.4) is 0 Å². The second-order valence-electron chi connectivity index (χ2n) is 3.08. The molecule has 4 nitrogen and oxygen atoms in total. The van der Waals surface area contributed by atoms with Crippen LogP contribution in [0.15, 0.2) is 39.7 Å². The van der Waals surface area contributed by atoms with Crippen LogP contribution >= 0.6 is 22.7 Å². The van der Waals surface area contributed by atoms with E-state index in [-0.39, 0.29) is 0 Å². The molecule has 3 rings (SSSR count). The molecule has 0 spiro atoms. The summed E-state index contributed by atoms with van der Waals surface area (Å²) in [4.78, 5) is 2.25. The van der Waals surface area contributed by atoms with E-state index < -0.39 is 0 Å². The van der Waals surface area contributed by atoms with Crippen molar-refractivity contribution in [3.63, 3.8) is 0 Å².